The molecule has 1 saturated heterocycles. The Morgan fingerprint density at radius 2 is 1.89 bits per heavy atom. The lowest BCUT2D eigenvalue weighted by atomic mass is 9.76. The Hall–Kier alpha value is -2.65. The van der Waals surface area contributed by atoms with Gasteiger partial charge in [-0.05, 0) is 53.6 Å². The van der Waals surface area contributed by atoms with E-state index in [0.29, 0.717) is 32.7 Å². The number of carbonyl (C=O) groups is 3. The molecule has 35 heavy (non-hydrogen) atoms. The van der Waals surface area contributed by atoms with Gasteiger partial charge in [-0.3, -0.25) is 9.59 Å². The van der Waals surface area contributed by atoms with E-state index in [0.717, 1.165) is 41.8 Å². The minimum atomic E-state index is -0.524. The van der Waals surface area contributed by atoms with E-state index in [2.05, 4.69) is 10.3 Å². The Morgan fingerprint density at radius 3 is 2.57 bits per heavy atom. The highest BCUT2D eigenvalue weighted by Gasteiger charge is 2.47. The van der Waals surface area contributed by atoms with Crippen LogP contribution in [-0.4, -0.2) is 71.3 Å². The van der Waals surface area contributed by atoms with Crippen LogP contribution in [0.3, 0.4) is 0 Å². The van der Waals surface area contributed by atoms with Crippen molar-refractivity contribution in [3.05, 3.63) is 56.1 Å². The zero-order valence-corrected chi connectivity index (χ0v) is 21.6. The number of hydrogen-bond donors (Lipinski definition) is 0. The summed E-state index contributed by atoms with van der Waals surface area (Å²) in [6, 6.07) is 5.87. The summed E-state index contributed by atoms with van der Waals surface area (Å²) in [7, 11) is 0. The van der Waals surface area contributed by atoms with Gasteiger partial charge in [0.1, 0.15) is 5.57 Å². The van der Waals surface area contributed by atoms with Crippen molar-refractivity contribution in [1.82, 2.24) is 14.7 Å². The van der Waals surface area contributed by atoms with Crippen molar-refractivity contribution in [1.29, 1.82) is 0 Å². The van der Waals surface area contributed by atoms with Crippen molar-refractivity contribution in [3.63, 3.8) is 0 Å². The molecule has 2 amide bonds. The number of thiophene rings is 2. The van der Waals surface area contributed by atoms with E-state index in [1.807, 2.05) is 38.8 Å². The molecule has 4 heterocycles. The van der Waals surface area contributed by atoms with Crippen LogP contribution < -0.4 is 0 Å². The molecule has 0 radical (unpaired) electrons. The van der Waals surface area contributed by atoms with Crippen LogP contribution in [0, 0.1) is 5.92 Å². The van der Waals surface area contributed by atoms with Crippen LogP contribution in [0.25, 0.3) is 0 Å². The van der Waals surface area contributed by atoms with E-state index >= 15 is 0 Å². The van der Waals surface area contributed by atoms with Gasteiger partial charge in [0.15, 0.2) is 0 Å². The van der Waals surface area contributed by atoms with Gasteiger partial charge >= 0.3 is 5.97 Å². The van der Waals surface area contributed by atoms with Crippen LogP contribution in [0.15, 0.2) is 45.6 Å². The van der Waals surface area contributed by atoms with Gasteiger partial charge in [-0.1, -0.05) is 18.9 Å². The Balaban J connectivity index is 1.45. The maximum atomic E-state index is 13.9. The number of esters is 1. The van der Waals surface area contributed by atoms with Crippen molar-refractivity contribution < 1.29 is 19.1 Å². The molecule has 186 valence electrons. The van der Waals surface area contributed by atoms with Gasteiger partial charge in [-0.2, -0.15) is 11.3 Å². The second kappa shape index (κ2) is 10.5. The van der Waals surface area contributed by atoms with E-state index in [1.165, 1.54) is 11.3 Å². The first kappa shape index (κ1) is 24.1. The first-order chi connectivity index (χ1) is 17.1. The number of fused-ring (bicyclic) bond motifs is 1. The van der Waals surface area contributed by atoms with Gasteiger partial charge in [-0.25, -0.2) is 4.79 Å². The molecule has 3 aliphatic rings. The molecular formula is C26H31N3O4S2. The molecule has 2 aromatic heterocycles. The summed E-state index contributed by atoms with van der Waals surface area (Å²) in [5, 5.41) is 6.00. The predicted octanol–water partition coefficient (Wildman–Crippen LogP) is 3.99. The number of nitrogens with zero attached hydrogens (tertiary/aromatic N) is 3. The van der Waals surface area contributed by atoms with Crippen LogP contribution >= 0.6 is 22.7 Å². The highest BCUT2D eigenvalue weighted by atomic mass is 32.1. The van der Waals surface area contributed by atoms with Crippen LogP contribution in [0.2, 0.25) is 0 Å². The molecule has 9 heteroatoms. The summed E-state index contributed by atoms with van der Waals surface area (Å²) in [6.45, 7) is 4.87. The van der Waals surface area contributed by atoms with Gasteiger partial charge in [0.25, 0.3) is 11.8 Å². The summed E-state index contributed by atoms with van der Waals surface area (Å²) < 4.78 is 5.41. The molecule has 1 aliphatic carbocycles. The minimum absolute atomic E-state index is 0.0523. The highest BCUT2D eigenvalue weighted by molar-refractivity contribution is 7.12. The topological polar surface area (TPSA) is 70.2 Å². The normalized spacial score (nSPS) is 22.9. The third kappa shape index (κ3) is 4.76. The molecular weight excluding hydrogens is 482 g/mol. The molecule has 2 aromatic rings. The molecule has 2 unspecified atom stereocenters. The minimum Gasteiger partial charge on any atom is -0.462 e. The summed E-state index contributed by atoms with van der Waals surface area (Å²) in [5.41, 5.74) is 2.14. The number of carbonyl (C=O) groups excluding carboxylic acids is 3. The fourth-order valence-electron chi connectivity index (χ4n) is 5.66. The molecule has 1 saturated carbocycles. The lowest BCUT2D eigenvalue weighted by Crippen LogP contribution is -2.57. The van der Waals surface area contributed by atoms with Crippen LogP contribution in [0.1, 0.15) is 47.8 Å². The zero-order valence-electron chi connectivity index (χ0n) is 20.0. The lowest BCUT2D eigenvalue weighted by Gasteiger charge is -2.49. The predicted molar refractivity (Wildman–Crippen MR) is 136 cm³/mol. The second-order valence-electron chi connectivity index (χ2n) is 9.26. The second-order valence-corrected chi connectivity index (χ2v) is 11.0. The third-order valence-electron chi connectivity index (χ3n) is 7.26. The molecule has 5 rings (SSSR count). The number of rotatable bonds is 6. The van der Waals surface area contributed by atoms with E-state index in [1.54, 1.807) is 18.3 Å². The largest absolute Gasteiger partial charge is 0.462 e. The number of amides is 2. The average Bonchev–Trinajstić information content (AvgIpc) is 3.60. The molecule has 7 nitrogen and oxygen atoms in total. The van der Waals surface area contributed by atoms with E-state index in [9.17, 15) is 14.4 Å². The zero-order chi connectivity index (χ0) is 24.4. The Bertz CT molecular complexity index is 1090. The van der Waals surface area contributed by atoms with E-state index < -0.39 is 5.97 Å². The van der Waals surface area contributed by atoms with Gasteiger partial charge in [0.05, 0.1) is 11.5 Å². The Labute approximate surface area is 214 Å². The van der Waals surface area contributed by atoms with Gasteiger partial charge < -0.3 is 19.4 Å². The van der Waals surface area contributed by atoms with Gasteiger partial charge in [0, 0.05) is 50.4 Å². The van der Waals surface area contributed by atoms with Crippen molar-refractivity contribution >= 4 is 40.5 Å². The van der Waals surface area contributed by atoms with Crippen LogP contribution in [0.4, 0.5) is 0 Å². The van der Waals surface area contributed by atoms with E-state index in [-0.39, 0.29) is 36.0 Å². The third-order valence-corrected chi connectivity index (χ3v) is 8.85. The van der Waals surface area contributed by atoms with Crippen LogP contribution in [0.5, 0.6) is 0 Å². The number of hydrogen-bond acceptors (Lipinski definition) is 7. The summed E-state index contributed by atoms with van der Waals surface area (Å²) in [4.78, 5) is 46.7. The Morgan fingerprint density at radius 1 is 1.09 bits per heavy atom. The molecule has 2 atom stereocenters. The quantitative estimate of drug-likeness (QED) is 0.432. The highest BCUT2D eigenvalue weighted by Crippen LogP contribution is 2.42. The summed E-state index contributed by atoms with van der Waals surface area (Å²) in [6.07, 6.45) is 4.05. The molecule has 2 fully saturated rings. The van der Waals surface area contributed by atoms with Crippen molar-refractivity contribution in [2.24, 2.45) is 5.92 Å². The fourth-order valence-corrected chi connectivity index (χ4v) is 7.01. The smallest absolute Gasteiger partial charge is 0.345 e. The van der Waals surface area contributed by atoms with Gasteiger partial charge in [-0.15, -0.1) is 11.3 Å². The average molecular weight is 514 g/mol. The van der Waals surface area contributed by atoms with Crippen molar-refractivity contribution in [2.75, 3.05) is 32.8 Å². The van der Waals surface area contributed by atoms with Crippen molar-refractivity contribution in [2.45, 2.75) is 45.2 Å². The Kier molecular flexibility index (Phi) is 7.24. The van der Waals surface area contributed by atoms with E-state index in [4.69, 9.17) is 4.74 Å². The fraction of sp³-hybridized carbons (Fsp3) is 0.500. The summed E-state index contributed by atoms with van der Waals surface area (Å²) >= 11 is 3.07. The molecule has 0 aromatic carbocycles. The SMILES string of the molecule is CCOC(=O)C1=C(N2CCN(C(=O)c3cccs3)CC2)C2CCCCC2N(Cc2ccsc2)C1=O. The molecule has 2 aliphatic heterocycles. The lowest BCUT2D eigenvalue weighted by molar-refractivity contribution is -0.145. The van der Waals surface area contributed by atoms with Crippen molar-refractivity contribution in [3.8, 4) is 0 Å². The maximum absolute atomic E-state index is 13.9. The molecule has 0 N–H and O–H groups in total. The summed E-state index contributed by atoms with van der Waals surface area (Å²) in [5.74, 6) is -0.579. The first-order valence-corrected chi connectivity index (χ1v) is 14.2. The maximum Gasteiger partial charge on any atom is 0.345 e. The molecule has 0 spiro atoms. The number of piperazine rings is 1. The van der Waals surface area contributed by atoms with Crippen LogP contribution in [-0.2, 0) is 20.9 Å². The number of ether oxygens (including phenoxy) is 1. The standard InChI is InChI=1S/C26H31N3O4S2/c1-2-33-26(32)22-23(27-10-12-28(13-11-27)24(30)21-8-5-14-35-21)19-6-3-4-7-20(19)29(25(22)31)16-18-9-15-34-17-18/h5,8-9,14-15,17,19-20H,2-4,6-7,10-13,16H2,1H3. The first-order valence-electron chi connectivity index (χ1n) is 12.4. The molecule has 0 bridgehead atoms. The monoisotopic (exact) mass is 513 g/mol. The van der Waals surface area contributed by atoms with Gasteiger partial charge in [0.2, 0.25) is 0 Å².